The Morgan fingerprint density at radius 2 is 2.14 bits per heavy atom. The zero-order valence-corrected chi connectivity index (χ0v) is 19.5. The summed E-state index contributed by atoms with van der Waals surface area (Å²) in [6.07, 6.45) is 2.77. The van der Waals surface area contributed by atoms with Crippen LogP contribution in [-0.2, 0) is 24.3 Å². The molecule has 0 saturated heterocycles. The van der Waals surface area contributed by atoms with Crippen LogP contribution in [0.5, 0.6) is 5.75 Å². The predicted octanol–water partition coefficient (Wildman–Crippen LogP) is 2.38. The van der Waals surface area contributed by atoms with Gasteiger partial charge in [0, 0.05) is 39.1 Å². The summed E-state index contributed by atoms with van der Waals surface area (Å²) in [6.45, 7) is 5.50. The Morgan fingerprint density at radius 3 is 2.90 bits per heavy atom. The Kier molecular flexibility index (Phi) is 10.2. The first kappa shape index (κ1) is 23.4. The summed E-state index contributed by atoms with van der Waals surface area (Å²) >= 11 is 0. The van der Waals surface area contributed by atoms with E-state index < -0.39 is 0 Å². The average molecular weight is 514 g/mol. The van der Waals surface area contributed by atoms with Gasteiger partial charge in [0.15, 0.2) is 11.8 Å². The van der Waals surface area contributed by atoms with Crippen molar-refractivity contribution >= 4 is 29.9 Å². The number of methoxy groups -OCH3 is 1. The summed E-state index contributed by atoms with van der Waals surface area (Å²) in [5.41, 5.74) is 0. The molecule has 1 aromatic heterocycles. The number of hydrogen-bond donors (Lipinski definition) is 2. The molecular formula is C20H31IN6O2. The van der Waals surface area contributed by atoms with E-state index in [-0.39, 0.29) is 30.0 Å². The molecule has 8 nitrogen and oxygen atoms in total. The van der Waals surface area contributed by atoms with Crippen molar-refractivity contribution in [3.63, 3.8) is 0 Å². The largest absolute Gasteiger partial charge is 0.494 e. The third kappa shape index (κ3) is 7.46. The molecule has 0 amide bonds. The summed E-state index contributed by atoms with van der Waals surface area (Å²) in [7, 11) is 1.66. The molecule has 1 aromatic carbocycles. The van der Waals surface area contributed by atoms with Gasteiger partial charge in [-0.3, -0.25) is 4.99 Å². The molecule has 29 heavy (non-hydrogen) atoms. The molecule has 0 bridgehead atoms. The summed E-state index contributed by atoms with van der Waals surface area (Å²) in [6, 6.07) is 10.1. The number of benzene rings is 1. The van der Waals surface area contributed by atoms with Gasteiger partial charge in [0.1, 0.15) is 18.2 Å². The second kappa shape index (κ2) is 12.6. The van der Waals surface area contributed by atoms with Crippen molar-refractivity contribution in [3.05, 3.63) is 42.0 Å². The van der Waals surface area contributed by atoms with Gasteiger partial charge in [-0.05, 0) is 25.5 Å². The van der Waals surface area contributed by atoms with Crippen LogP contribution in [0, 0.1) is 0 Å². The van der Waals surface area contributed by atoms with E-state index in [4.69, 9.17) is 9.47 Å². The SMILES string of the molecule is CCNC(=NCCCOc1ccccc1)NC1CCc2nc(COC)nn2C1.I. The van der Waals surface area contributed by atoms with E-state index in [1.165, 1.54) is 0 Å². The number of para-hydroxylation sites is 1. The predicted molar refractivity (Wildman–Crippen MR) is 124 cm³/mol. The van der Waals surface area contributed by atoms with Crippen LogP contribution in [0.2, 0.25) is 0 Å². The second-order valence-corrected chi connectivity index (χ2v) is 6.72. The third-order valence-electron chi connectivity index (χ3n) is 4.44. The first-order valence-electron chi connectivity index (χ1n) is 9.92. The topological polar surface area (TPSA) is 85.6 Å². The van der Waals surface area contributed by atoms with Crippen molar-refractivity contribution in [3.8, 4) is 5.75 Å². The van der Waals surface area contributed by atoms with E-state index >= 15 is 0 Å². The molecule has 0 fully saturated rings. The van der Waals surface area contributed by atoms with Gasteiger partial charge >= 0.3 is 0 Å². The zero-order valence-electron chi connectivity index (χ0n) is 17.1. The van der Waals surface area contributed by atoms with Gasteiger partial charge in [-0.2, -0.15) is 5.10 Å². The monoisotopic (exact) mass is 514 g/mol. The van der Waals surface area contributed by atoms with E-state index in [1.807, 2.05) is 35.0 Å². The second-order valence-electron chi connectivity index (χ2n) is 6.72. The standard InChI is InChI=1S/C20H30N6O2.HI/c1-3-21-20(22-12-7-13-28-17-8-5-4-6-9-17)23-16-10-11-19-24-18(15-27-2)25-26(19)14-16;/h4-6,8-9,16H,3,7,10-15H2,1-2H3,(H2,21,22,23);1H. The van der Waals surface area contributed by atoms with Gasteiger partial charge in [0.05, 0.1) is 13.2 Å². The number of aliphatic imine (C=N–C) groups is 1. The van der Waals surface area contributed by atoms with Crippen LogP contribution in [-0.4, -0.2) is 53.6 Å². The van der Waals surface area contributed by atoms with E-state index in [1.54, 1.807) is 7.11 Å². The molecule has 2 N–H and O–H groups in total. The maximum atomic E-state index is 5.72. The summed E-state index contributed by atoms with van der Waals surface area (Å²) in [5, 5.41) is 11.4. The highest BCUT2D eigenvalue weighted by Crippen LogP contribution is 2.13. The highest BCUT2D eigenvalue weighted by Gasteiger charge is 2.22. The molecule has 1 aliphatic rings. The van der Waals surface area contributed by atoms with Gasteiger partial charge < -0.3 is 20.1 Å². The fraction of sp³-hybridized carbons (Fsp3) is 0.550. The first-order valence-corrected chi connectivity index (χ1v) is 9.92. The van der Waals surface area contributed by atoms with Gasteiger partial charge in [0.25, 0.3) is 0 Å². The minimum atomic E-state index is 0. The van der Waals surface area contributed by atoms with Gasteiger partial charge in [0.2, 0.25) is 0 Å². The number of fused-ring (bicyclic) bond motifs is 1. The molecule has 3 rings (SSSR count). The molecule has 1 aliphatic heterocycles. The van der Waals surface area contributed by atoms with Crippen molar-refractivity contribution < 1.29 is 9.47 Å². The molecule has 0 spiro atoms. The van der Waals surface area contributed by atoms with Crippen LogP contribution >= 0.6 is 24.0 Å². The molecule has 2 aromatic rings. The van der Waals surface area contributed by atoms with Crippen molar-refractivity contribution in [2.45, 2.75) is 45.4 Å². The van der Waals surface area contributed by atoms with Crippen LogP contribution < -0.4 is 15.4 Å². The van der Waals surface area contributed by atoms with Crippen LogP contribution in [0.4, 0.5) is 0 Å². The lowest BCUT2D eigenvalue weighted by Crippen LogP contribution is -2.47. The van der Waals surface area contributed by atoms with E-state index in [2.05, 4.69) is 32.6 Å². The maximum absolute atomic E-state index is 5.72. The molecular weight excluding hydrogens is 483 g/mol. The lowest BCUT2D eigenvalue weighted by atomic mass is 10.1. The fourth-order valence-electron chi connectivity index (χ4n) is 3.14. The molecule has 2 heterocycles. The molecule has 1 unspecified atom stereocenters. The lowest BCUT2D eigenvalue weighted by molar-refractivity contribution is 0.177. The molecule has 1 atom stereocenters. The Hall–Kier alpha value is -1.88. The summed E-state index contributed by atoms with van der Waals surface area (Å²) in [5.74, 6) is 3.52. The lowest BCUT2D eigenvalue weighted by Gasteiger charge is -2.25. The van der Waals surface area contributed by atoms with Crippen LogP contribution in [0.1, 0.15) is 31.4 Å². The number of nitrogens with zero attached hydrogens (tertiary/aromatic N) is 4. The number of rotatable bonds is 9. The quantitative estimate of drug-likeness (QED) is 0.232. The van der Waals surface area contributed by atoms with Gasteiger partial charge in [-0.1, -0.05) is 18.2 Å². The Labute approximate surface area is 189 Å². The summed E-state index contributed by atoms with van der Waals surface area (Å²) < 4.78 is 12.8. The van der Waals surface area contributed by atoms with Crippen molar-refractivity contribution in [1.82, 2.24) is 25.4 Å². The zero-order chi connectivity index (χ0) is 19.6. The highest BCUT2D eigenvalue weighted by atomic mass is 127. The van der Waals surface area contributed by atoms with Crippen molar-refractivity contribution in [1.29, 1.82) is 0 Å². The number of aromatic nitrogens is 3. The van der Waals surface area contributed by atoms with Crippen molar-refractivity contribution in [2.24, 2.45) is 4.99 Å². The van der Waals surface area contributed by atoms with E-state index in [0.717, 1.165) is 55.7 Å². The van der Waals surface area contributed by atoms with Crippen LogP contribution in [0.15, 0.2) is 35.3 Å². The Bertz CT molecular complexity index is 753. The maximum Gasteiger partial charge on any atom is 0.191 e. The Balaban J connectivity index is 0.00000300. The molecule has 160 valence electrons. The number of ether oxygens (including phenoxy) is 2. The Morgan fingerprint density at radius 1 is 1.31 bits per heavy atom. The molecule has 9 heteroatoms. The van der Waals surface area contributed by atoms with Crippen LogP contribution in [0.25, 0.3) is 0 Å². The smallest absolute Gasteiger partial charge is 0.191 e. The molecule has 0 aliphatic carbocycles. The van der Waals surface area contributed by atoms with E-state index in [9.17, 15) is 0 Å². The third-order valence-corrected chi connectivity index (χ3v) is 4.44. The molecule has 0 radical (unpaired) electrons. The number of halogens is 1. The van der Waals surface area contributed by atoms with E-state index in [0.29, 0.717) is 19.8 Å². The van der Waals surface area contributed by atoms with Gasteiger partial charge in [-0.25, -0.2) is 9.67 Å². The summed E-state index contributed by atoms with van der Waals surface area (Å²) in [4.78, 5) is 9.20. The highest BCUT2D eigenvalue weighted by molar-refractivity contribution is 14.0. The number of aryl methyl sites for hydroxylation is 1. The number of nitrogens with one attached hydrogen (secondary N) is 2. The first-order chi connectivity index (χ1) is 13.8. The number of guanidine groups is 1. The minimum absolute atomic E-state index is 0. The van der Waals surface area contributed by atoms with Crippen molar-refractivity contribution in [2.75, 3.05) is 26.8 Å². The minimum Gasteiger partial charge on any atom is -0.494 e. The normalized spacial score (nSPS) is 15.9. The molecule has 0 saturated carbocycles. The van der Waals surface area contributed by atoms with Gasteiger partial charge in [-0.15, -0.1) is 24.0 Å². The number of hydrogen-bond acceptors (Lipinski definition) is 5. The fourth-order valence-corrected chi connectivity index (χ4v) is 3.14. The van der Waals surface area contributed by atoms with Crippen LogP contribution in [0.3, 0.4) is 0 Å². The average Bonchev–Trinajstić information content (AvgIpc) is 3.10.